The normalized spacial score (nSPS) is 17.0. The maximum absolute atomic E-state index is 12.6. The molecular formula is C24H19N7O4. The molecule has 2 N–H and O–H groups in total. The van der Waals surface area contributed by atoms with Gasteiger partial charge in [-0.3, -0.25) is 25.2 Å². The van der Waals surface area contributed by atoms with E-state index in [-0.39, 0.29) is 0 Å². The number of nitrogens with one attached hydrogen (secondary N) is 2. The van der Waals surface area contributed by atoms with Crippen molar-refractivity contribution in [2.45, 2.75) is 18.4 Å². The van der Waals surface area contributed by atoms with Crippen molar-refractivity contribution in [3.05, 3.63) is 67.3 Å². The van der Waals surface area contributed by atoms with Gasteiger partial charge >= 0.3 is 6.03 Å². The molecule has 0 unspecified atom stereocenters. The smallest absolute Gasteiger partial charge is 0.328 e. The summed E-state index contributed by atoms with van der Waals surface area (Å²) in [4.78, 5) is 47.0. The SMILES string of the molecule is O=C1NC(=O)C2(CCCN2c2ccc(Oc3ccc4nn(-c5cccnc5)cc4c3)nc2)C(=O)N1. The van der Waals surface area contributed by atoms with Crippen LogP contribution in [-0.4, -0.2) is 49.7 Å². The summed E-state index contributed by atoms with van der Waals surface area (Å²) in [7, 11) is 0. The van der Waals surface area contributed by atoms with Crippen molar-refractivity contribution in [3.63, 3.8) is 0 Å². The number of nitrogens with zero attached hydrogens (tertiary/aromatic N) is 5. The van der Waals surface area contributed by atoms with Crippen LogP contribution in [0.5, 0.6) is 11.6 Å². The van der Waals surface area contributed by atoms with Crippen molar-refractivity contribution < 1.29 is 19.1 Å². The average molecular weight is 469 g/mol. The molecule has 2 aliphatic rings. The first-order chi connectivity index (χ1) is 17.0. The second-order valence-corrected chi connectivity index (χ2v) is 8.32. The standard InChI is InChI=1S/C24H19N7O4/c32-21-24(22(33)28-23(34)27-21)8-2-10-30(24)16-4-7-20(26-13-16)35-18-5-6-19-15(11-18)14-31(29-19)17-3-1-9-25-12-17/h1,3-7,9,11-14H,2,8,10H2,(H2,27,28,32,33,34). The van der Waals surface area contributed by atoms with E-state index in [1.807, 2.05) is 36.5 Å². The molecule has 174 valence electrons. The molecule has 1 spiro atoms. The summed E-state index contributed by atoms with van der Waals surface area (Å²) in [5.41, 5.74) is 0.791. The third kappa shape index (κ3) is 3.44. The first-order valence-corrected chi connectivity index (χ1v) is 11.0. The van der Waals surface area contributed by atoms with Gasteiger partial charge < -0.3 is 9.64 Å². The minimum Gasteiger partial charge on any atom is -0.439 e. The highest BCUT2D eigenvalue weighted by Crippen LogP contribution is 2.36. The lowest BCUT2D eigenvalue weighted by molar-refractivity contribution is -0.137. The molecule has 2 fully saturated rings. The van der Waals surface area contributed by atoms with Crippen LogP contribution in [0.15, 0.2) is 67.3 Å². The molecule has 2 saturated heterocycles. The summed E-state index contributed by atoms with van der Waals surface area (Å²) >= 11 is 0. The minimum absolute atomic E-state index is 0.308. The molecule has 11 nitrogen and oxygen atoms in total. The van der Waals surface area contributed by atoms with Crippen LogP contribution in [0.1, 0.15) is 12.8 Å². The number of hydrogen-bond acceptors (Lipinski definition) is 8. The molecule has 0 bridgehead atoms. The molecule has 0 saturated carbocycles. The summed E-state index contributed by atoms with van der Waals surface area (Å²) < 4.78 is 7.69. The van der Waals surface area contributed by atoms with Gasteiger partial charge in [0.05, 0.1) is 29.3 Å². The molecule has 6 rings (SSSR count). The van der Waals surface area contributed by atoms with Crippen LogP contribution >= 0.6 is 0 Å². The number of carbonyl (C=O) groups is 3. The van der Waals surface area contributed by atoms with E-state index in [1.165, 1.54) is 0 Å². The summed E-state index contributed by atoms with van der Waals surface area (Å²) in [6, 6.07) is 11.9. The van der Waals surface area contributed by atoms with Gasteiger partial charge in [-0.05, 0) is 49.2 Å². The van der Waals surface area contributed by atoms with E-state index in [4.69, 9.17) is 4.74 Å². The first-order valence-electron chi connectivity index (χ1n) is 11.0. The molecule has 0 atom stereocenters. The van der Waals surface area contributed by atoms with Crippen molar-refractivity contribution in [1.29, 1.82) is 0 Å². The van der Waals surface area contributed by atoms with Gasteiger partial charge in [0.15, 0.2) is 5.54 Å². The van der Waals surface area contributed by atoms with Crippen LogP contribution in [0, 0.1) is 0 Å². The molecule has 11 heteroatoms. The molecule has 4 amide bonds. The van der Waals surface area contributed by atoms with E-state index < -0.39 is 23.4 Å². The van der Waals surface area contributed by atoms with Gasteiger partial charge in [0, 0.05) is 30.4 Å². The van der Waals surface area contributed by atoms with E-state index in [2.05, 4.69) is 25.7 Å². The van der Waals surface area contributed by atoms with Gasteiger partial charge in [-0.15, -0.1) is 0 Å². The van der Waals surface area contributed by atoms with Crippen molar-refractivity contribution in [1.82, 2.24) is 30.4 Å². The van der Waals surface area contributed by atoms with Crippen LogP contribution in [-0.2, 0) is 9.59 Å². The number of fused-ring (bicyclic) bond motifs is 1. The molecule has 35 heavy (non-hydrogen) atoms. The van der Waals surface area contributed by atoms with E-state index >= 15 is 0 Å². The molecular weight excluding hydrogens is 450 g/mol. The lowest BCUT2D eigenvalue weighted by Gasteiger charge is -2.38. The van der Waals surface area contributed by atoms with Gasteiger partial charge in [-0.25, -0.2) is 14.5 Å². The lowest BCUT2D eigenvalue weighted by atomic mass is 9.92. The zero-order valence-corrected chi connectivity index (χ0v) is 18.3. The van der Waals surface area contributed by atoms with Crippen LogP contribution in [0.25, 0.3) is 16.6 Å². The van der Waals surface area contributed by atoms with E-state index in [0.29, 0.717) is 36.7 Å². The number of imide groups is 2. The van der Waals surface area contributed by atoms with E-state index in [9.17, 15) is 14.4 Å². The number of aromatic nitrogens is 4. The highest BCUT2D eigenvalue weighted by atomic mass is 16.5. The Kier molecular flexibility index (Phi) is 4.69. The van der Waals surface area contributed by atoms with Crippen molar-refractivity contribution >= 4 is 34.4 Å². The Labute approximate surface area is 198 Å². The summed E-state index contributed by atoms with van der Waals surface area (Å²) in [5, 5.41) is 9.87. The van der Waals surface area contributed by atoms with E-state index in [1.54, 1.807) is 40.3 Å². The number of urea groups is 1. The first kappa shape index (κ1) is 20.8. The number of amides is 4. The fraction of sp³-hybridized carbons (Fsp3) is 0.167. The predicted octanol–water partition coefficient (Wildman–Crippen LogP) is 2.31. The number of carbonyl (C=O) groups excluding carboxylic acids is 3. The Bertz CT molecular complexity index is 1450. The van der Waals surface area contributed by atoms with Gasteiger partial charge in [-0.1, -0.05) is 0 Å². The quantitative estimate of drug-likeness (QED) is 0.436. The molecule has 1 aromatic carbocycles. The number of benzene rings is 1. The van der Waals surface area contributed by atoms with Crippen LogP contribution in [0.4, 0.5) is 10.5 Å². The lowest BCUT2D eigenvalue weighted by Crippen LogP contribution is -2.71. The molecule has 0 aliphatic carbocycles. The molecule has 3 aromatic heterocycles. The number of rotatable bonds is 4. The Morgan fingerprint density at radius 3 is 2.57 bits per heavy atom. The summed E-state index contributed by atoms with van der Waals surface area (Å²) in [6.45, 7) is 0.481. The average Bonchev–Trinajstić information content (AvgIpc) is 3.49. The monoisotopic (exact) mass is 469 g/mol. The Morgan fingerprint density at radius 1 is 0.971 bits per heavy atom. The zero-order valence-electron chi connectivity index (χ0n) is 18.3. The Hall–Kier alpha value is -4.80. The third-order valence-electron chi connectivity index (χ3n) is 6.23. The van der Waals surface area contributed by atoms with Crippen molar-refractivity contribution in [2.75, 3.05) is 11.4 Å². The third-order valence-corrected chi connectivity index (χ3v) is 6.23. The largest absolute Gasteiger partial charge is 0.439 e. The predicted molar refractivity (Wildman–Crippen MR) is 124 cm³/mol. The highest BCUT2D eigenvalue weighted by molar-refractivity contribution is 6.24. The van der Waals surface area contributed by atoms with Crippen LogP contribution < -0.4 is 20.3 Å². The summed E-state index contributed by atoms with van der Waals surface area (Å²) in [5.74, 6) is -0.298. The van der Waals surface area contributed by atoms with Gasteiger partial charge in [-0.2, -0.15) is 5.10 Å². The van der Waals surface area contributed by atoms with Gasteiger partial charge in [0.1, 0.15) is 5.75 Å². The van der Waals surface area contributed by atoms with E-state index in [0.717, 1.165) is 16.6 Å². The highest BCUT2D eigenvalue weighted by Gasteiger charge is 2.57. The fourth-order valence-corrected chi connectivity index (χ4v) is 4.59. The van der Waals surface area contributed by atoms with Gasteiger partial charge in [0.2, 0.25) is 5.88 Å². The molecule has 2 aliphatic heterocycles. The zero-order chi connectivity index (χ0) is 24.0. The fourth-order valence-electron chi connectivity index (χ4n) is 4.59. The number of ether oxygens (including phenoxy) is 1. The van der Waals surface area contributed by atoms with Crippen LogP contribution in [0.3, 0.4) is 0 Å². The number of barbiturate groups is 1. The maximum atomic E-state index is 12.6. The Balaban J connectivity index is 1.23. The van der Waals surface area contributed by atoms with Crippen molar-refractivity contribution in [3.8, 4) is 17.3 Å². The topological polar surface area (TPSA) is 131 Å². The van der Waals surface area contributed by atoms with Gasteiger partial charge in [0.25, 0.3) is 11.8 Å². The van der Waals surface area contributed by atoms with Crippen molar-refractivity contribution in [2.24, 2.45) is 0 Å². The minimum atomic E-state index is -1.46. The second kappa shape index (κ2) is 7.90. The molecule has 5 heterocycles. The molecule has 0 radical (unpaired) electrons. The van der Waals surface area contributed by atoms with Crippen LogP contribution in [0.2, 0.25) is 0 Å². The maximum Gasteiger partial charge on any atom is 0.328 e. The molecule has 4 aromatic rings. The number of pyridine rings is 2. The number of hydrogen-bond donors (Lipinski definition) is 2. The summed E-state index contributed by atoms with van der Waals surface area (Å²) in [6.07, 6.45) is 7.83. The number of anilines is 1. The second-order valence-electron chi connectivity index (χ2n) is 8.32. The Morgan fingerprint density at radius 2 is 1.83 bits per heavy atom.